The molecule has 3 rings (SSSR count). The predicted octanol–water partition coefficient (Wildman–Crippen LogP) is 2.41. The van der Waals surface area contributed by atoms with Gasteiger partial charge in [0.05, 0.1) is 6.33 Å². The highest BCUT2D eigenvalue weighted by atomic mass is 16.4. The molecule has 1 aliphatic carbocycles. The van der Waals surface area contributed by atoms with Crippen molar-refractivity contribution in [3.05, 3.63) is 53.1 Å². The molecule has 1 heterocycles. The average Bonchev–Trinajstić information content (AvgIpc) is 2.84. The number of benzene rings is 1. The summed E-state index contributed by atoms with van der Waals surface area (Å²) in [5.74, 6) is -0.0876. The molecule has 102 valence electrons. The molecular formula is C15H15N3O2. The van der Waals surface area contributed by atoms with Gasteiger partial charge in [-0.3, -0.25) is 4.79 Å². The summed E-state index contributed by atoms with van der Waals surface area (Å²) in [6.07, 6.45) is 1.62. The lowest BCUT2D eigenvalue weighted by atomic mass is 9.89. The number of oxime groups is 1. The minimum atomic E-state index is -0.275. The molecule has 1 aliphatic rings. The molecule has 2 aromatic rings. The molecule has 20 heavy (non-hydrogen) atoms. The van der Waals surface area contributed by atoms with Crippen molar-refractivity contribution in [3.8, 4) is 0 Å². The molecule has 1 N–H and O–H groups in total. The fourth-order valence-corrected chi connectivity index (χ4v) is 2.49. The topological polar surface area (TPSA) is 67.5 Å². The Hall–Kier alpha value is -2.43. The van der Waals surface area contributed by atoms with Crippen LogP contribution in [0.3, 0.4) is 0 Å². The van der Waals surface area contributed by atoms with Crippen molar-refractivity contribution in [2.75, 3.05) is 0 Å². The van der Waals surface area contributed by atoms with Crippen LogP contribution in [0.4, 0.5) is 0 Å². The van der Waals surface area contributed by atoms with Gasteiger partial charge in [0.25, 0.3) is 0 Å². The van der Waals surface area contributed by atoms with Gasteiger partial charge in [0.15, 0.2) is 0 Å². The maximum Gasteiger partial charge on any atom is 0.212 e. The third kappa shape index (κ3) is 1.59. The predicted molar refractivity (Wildman–Crippen MR) is 74.5 cm³/mol. The summed E-state index contributed by atoms with van der Waals surface area (Å²) in [4.78, 5) is 17.0. The van der Waals surface area contributed by atoms with E-state index in [0.717, 1.165) is 0 Å². The van der Waals surface area contributed by atoms with Crippen LogP contribution in [-0.4, -0.2) is 26.3 Å². The van der Waals surface area contributed by atoms with E-state index in [9.17, 15) is 10.0 Å². The summed E-state index contributed by atoms with van der Waals surface area (Å²) in [6, 6.07) is 7.12. The van der Waals surface area contributed by atoms with E-state index in [2.05, 4.69) is 10.1 Å². The van der Waals surface area contributed by atoms with Crippen molar-refractivity contribution in [2.24, 2.45) is 5.16 Å². The summed E-state index contributed by atoms with van der Waals surface area (Å²) < 4.78 is 1.83. The fraction of sp³-hybridized carbons (Fsp3) is 0.267. The Labute approximate surface area is 116 Å². The minimum absolute atomic E-state index is 0.0876. The van der Waals surface area contributed by atoms with E-state index in [4.69, 9.17) is 0 Å². The van der Waals surface area contributed by atoms with Gasteiger partial charge in [-0.25, -0.2) is 4.98 Å². The van der Waals surface area contributed by atoms with E-state index >= 15 is 0 Å². The van der Waals surface area contributed by atoms with Gasteiger partial charge in [0.2, 0.25) is 5.78 Å². The van der Waals surface area contributed by atoms with Crippen molar-refractivity contribution in [2.45, 2.75) is 26.3 Å². The maximum atomic E-state index is 12.7. The van der Waals surface area contributed by atoms with Crippen LogP contribution < -0.4 is 0 Å². The Kier molecular flexibility index (Phi) is 2.54. The van der Waals surface area contributed by atoms with Gasteiger partial charge in [-0.15, -0.1) is 0 Å². The van der Waals surface area contributed by atoms with E-state index in [0.29, 0.717) is 28.2 Å². The number of aromatic nitrogens is 2. The second-order valence-electron chi connectivity index (χ2n) is 5.81. The Bertz CT molecular complexity index is 736. The molecule has 0 saturated carbocycles. The lowest BCUT2D eigenvalue weighted by Gasteiger charge is -2.25. The number of carbonyl (C=O) groups excluding carboxylic acids is 1. The number of ketones is 1. The minimum Gasteiger partial charge on any atom is -0.410 e. The number of imidazole rings is 1. The highest BCUT2D eigenvalue weighted by Gasteiger charge is 2.35. The van der Waals surface area contributed by atoms with Crippen molar-refractivity contribution >= 4 is 11.5 Å². The molecule has 0 bridgehead atoms. The molecule has 0 saturated heterocycles. The van der Waals surface area contributed by atoms with Crippen molar-refractivity contribution in [3.63, 3.8) is 0 Å². The first kappa shape index (κ1) is 12.6. The highest BCUT2D eigenvalue weighted by molar-refractivity contribution is 6.28. The Morgan fingerprint density at radius 1 is 1.20 bits per heavy atom. The molecular weight excluding hydrogens is 254 g/mol. The fourth-order valence-electron chi connectivity index (χ4n) is 2.49. The summed E-state index contributed by atoms with van der Waals surface area (Å²) in [5, 5.41) is 12.7. The zero-order valence-electron chi connectivity index (χ0n) is 11.6. The summed E-state index contributed by atoms with van der Waals surface area (Å²) in [5.41, 5.74) is 2.14. The van der Waals surface area contributed by atoms with Crippen LogP contribution in [0.2, 0.25) is 0 Å². The third-order valence-electron chi connectivity index (χ3n) is 3.46. The normalized spacial score (nSPS) is 16.1. The number of fused-ring (bicyclic) bond motifs is 2. The molecule has 0 amide bonds. The van der Waals surface area contributed by atoms with Gasteiger partial charge in [-0.1, -0.05) is 29.4 Å². The molecule has 5 heteroatoms. The first-order chi connectivity index (χ1) is 9.45. The molecule has 0 radical (unpaired) electrons. The second-order valence-corrected chi connectivity index (χ2v) is 5.81. The number of carbonyl (C=O) groups is 1. The summed E-state index contributed by atoms with van der Waals surface area (Å²) >= 11 is 0. The van der Waals surface area contributed by atoms with Gasteiger partial charge >= 0.3 is 0 Å². The van der Waals surface area contributed by atoms with Crippen molar-refractivity contribution < 1.29 is 10.0 Å². The van der Waals surface area contributed by atoms with E-state index in [1.165, 1.54) is 0 Å². The largest absolute Gasteiger partial charge is 0.410 e. The van der Waals surface area contributed by atoms with Crippen LogP contribution in [0.5, 0.6) is 0 Å². The Morgan fingerprint density at radius 3 is 2.45 bits per heavy atom. The first-order valence-electron chi connectivity index (χ1n) is 6.39. The summed E-state index contributed by atoms with van der Waals surface area (Å²) in [7, 11) is 0. The van der Waals surface area contributed by atoms with Gasteiger partial charge in [0, 0.05) is 16.7 Å². The number of hydrogen-bond acceptors (Lipinski definition) is 4. The van der Waals surface area contributed by atoms with Crippen LogP contribution in [0, 0.1) is 0 Å². The van der Waals surface area contributed by atoms with E-state index < -0.39 is 0 Å². The van der Waals surface area contributed by atoms with Crippen LogP contribution in [0.15, 0.2) is 35.7 Å². The van der Waals surface area contributed by atoms with E-state index in [1.54, 1.807) is 24.5 Å². The monoisotopic (exact) mass is 269 g/mol. The zero-order chi connectivity index (χ0) is 14.5. The van der Waals surface area contributed by atoms with Crippen LogP contribution >= 0.6 is 0 Å². The molecule has 0 aliphatic heterocycles. The number of rotatable bonds is 0. The second kappa shape index (κ2) is 4.03. The van der Waals surface area contributed by atoms with Crippen molar-refractivity contribution in [1.82, 2.24) is 9.55 Å². The maximum absolute atomic E-state index is 12.7. The van der Waals surface area contributed by atoms with Crippen LogP contribution in [0.1, 0.15) is 48.1 Å². The van der Waals surface area contributed by atoms with Crippen molar-refractivity contribution in [1.29, 1.82) is 0 Å². The van der Waals surface area contributed by atoms with Gasteiger partial charge in [-0.2, -0.15) is 0 Å². The first-order valence-corrected chi connectivity index (χ1v) is 6.39. The molecule has 5 nitrogen and oxygen atoms in total. The van der Waals surface area contributed by atoms with Gasteiger partial charge < -0.3 is 9.77 Å². The molecule has 1 aromatic carbocycles. The van der Waals surface area contributed by atoms with Crippen LogP contribution in [-0.2, 0) is 5.54 Å². The van der Waals surface area contributed by atoms with Gasteiger partial charge in [0.1, 0.15) is 17.1 Å². The molecule has 0 spiro atoms. The lowest BCUT2D eigenvalue weighted by Crippen LogP contribution is -2.29. The molecule has 0 unspecified atom stereocenters. The smallest absolute Gasteiger partial charge is 0.212 e. The lowest BCUT2D eigenvalue weighted by molar-refractivity contribution is 0.102. The number of nitrogens with zero attached hydrogens (tertiary/aromatic N) is 3. The molecule has 0 fully saturated rings. The van der Waals surface area contributed by atoms with Crippen LogP contribution in [0.25, 0.3) is 0 Å². The molecule has 1 aromatic heterocycles. The van der Waals surface area contributed by atoms with E-state index in [-0.39, 0.29) is 11.3 Å². The Morgan fingerprint density at radius 2 is 1.85 bits per heavy atom. The average molecular weight is 269 g/mol. The third-order valence-corrected chi connectivity index (χ3v) is 3.46. The number of hydrogen-bond donors (Lipinski definition) is 1. The standard InChI is InChI=1S/C15H15N3O2/c1-15(2,3)18-8-16-12-11(17-20)9-6-4-5-7-10(9)14(19)13(12)18/h4-8,20H,1-3H3. The zero-order valence-corrected chi connectivity index (χ0v) is 11.6. The van der Waals surface area contributed by atoms with E-state index in [1.807, 2.05) is 31.4 Å². The quantitative estimate of drug-likeness (QED) is 0.503. The van der Waals surface area contributed by atoms with Gasteiger partial charge in [-0.05, 0) is 20.8 Å². The highest BCUT2D eigenvalue weighted by Crippen LogP contribution is 2.30. The summed E-state index contributed by atoms with van der Waals surface area (Å²) in [6.45, 7) is 6.00. The Balaban J connectivity index is 2.34. The molecule has 0 atom stereocenters. The SMILES string of the molecule is CC(C)(C)n1cnc2c1C(=O)c1ccccc1C2=NO.